The van der Waals surface area contributed by atoms with Gasteiger partial charge in [-0.3, -0.25) is 37.3 Å². The van der Waals surface area contributed by atoms with Gasteiger partial charge in [-0.25, -0.2) is 9.13 Å². The fourth-order valence-electron chi connectivity index (χ4n) is 13.0. The lowest BCUT2D eigenvalue weighted by molar-refractivity contribution is -0.161. The molecule has 0 spiro atoms. The highest BCUT2D eigenvalue weighted by Gasteiger charge is 2.30. The summed E-state index contributed by atoms with van der Waals surface area (Å²) >= 11 is 0. The van der Waals surface area contributed by atoms with Gasteiger partial charge in [0.25, 0.3) is 0 Å². The summed E-state index contributed by atoms with van der Waals surface area (Å²) in [4.78, 5) is 73.0. The molecule has 0 aliphatic rings. The highest BCUT2D eigenvalue weighted by molar-refractivity contribution is 7.47. The van der Waals surface area contributed by atoms with Crippen molar-refractivity contribution < 1.29 is 80.2 Å². The quantitative estimate of drug-likeness (QED) is 0.0222. The van der Waals surface area contributed by atoms with Gasteiger partial charge in [0.2, 0.25) is 0 Å². The minimum atomic E-state index is -4.97. The second-order valence-electron chi connectivity index (χ2n) is 32.1. The van der Waals surface area contributed by atoms with Crippen LogP contribution in [0.25, 0.3) is 0 Å². The molecule has 0 aliphatic heterocycles. The zero-order valence-corrected chi connectivity index (χ0v) is 69.7. The summed E-state index contributed by atoms with van der Waals surface area (Å²) in [5, 5.41) is 10.6. The van der Waals surface area contributed by atoms with Gasteiger partial charge in [-0.15, -0.1) is 0 Å². The molecule has 103 heavy (non-hydrogen) atoms. The second-order valence-corrected chi connectivity index (χ2v) is 35.0. The Kier molecular flexibility index (Phi) is 71.5. The number of hydrogen-bond donors (Lipinski definition) is 3. The minimum absolute atomic E-state index is 0.104. The monoisotopic (exact) mass is 1510 g/mol. The van der Waals surface area contributed by atoms with Crippen LogP contribution in [0.15, 0.2) is 0 Å². The molecule has 0 amide bonds. The molecule has 0 aliphatic carbocycles. The highest BCUT2D eigenvalue weighted by Crippen LogP contribution is 2.45. The van der Waals surface area contributed by atoms with Crippen LogP contribution < -0.4 is 0 Å². The molecule has 3 unspecified atom stereocenters. The van der Waals surface area contributed by atoms with E-state index in [1.165, 1.54) is 231 Å². The third kappa shape index (κ3) is 78.0. The number of phosphoric acid groups is 2. The first kappa shape index (κ1) is 101. The molecule has 19 heteroatoms. The van der Waals surface area contributed by atoms with Crippen LogP contribution in [0.1, 0.15) is 434 Å². The first-order valence-electron chi connectivity index (χ1n) is 43.2. The van der Waals surface area contributed by atoms with Gasteiger partial charge < -0.3 is 33.8 Å². The molecule has 0 radical (unpaired) electrons. The molecule has 0 heterocycles. The Balaban J connectivity index is 5.19. The fraction of sp³-hybridized carbons (Fsp3) is 0.952. The average molecular weight is 1510 g/mol. The topological polar surface area (TPSA) is 237 Å². The van der Waals surface area contributed by atoms with Crippen molar-refractivity contribution in [2.24, 2.45) is 23.7 Å². The first-order chi connectivity index (χ1) is 49.6. The lowest BCUT2D eigenvalue weighted by atomic mass is 10.0. The van der Waals surface area contributed by atoms with Gasteiger partial charge in [0, 0.05) is 25.7 Å². The van der Waals surface area contributed by atoms with E-state index < -0.39 is 97.5 Å². The van der Waals surface area contributed by atoms with Gasteiger partial charge in [0.15, 0.2) is 12.2 Å². The Morgan fingerprint density at radius 2 is 0.408 bits per heavy atom. The SMILES string of the molecule is CC(C)CCCCCCCCCCCCCCCCCCCCC(=O)OC[C@H](COP(=O)(O)OCC(O)COP(=O)(O)OC[C@@H](COC(=O)CCCCCCCCCC(C)C)OC(=O)CCCCCCCCCCC(C)C)OC(=O)CCCCCCCCCCCCCCCCCCCCC(C)C. The maximum Gasteiger partial charge on any atom is 0.472 e. The smallest absolute Gasteiger partial charge is 0.462 e. The number of carbonyl (C=O) groups is 4. The molecule has 0 fully saturated rings. The van der Waals surface area contributed by atoms with Crippen molar-refractivity contribution in [3.63, 3.8) is 0 Å². The Morgan fingerprint density at radius 1 is 0.243 bits per heavy atom. The number of ether oxygens (including phenoxy) is 4. The van der Waals surface area contributed by atoms with Crippen LogP contribution >= 0.6 is 15.6 Å². The zero-order chi connectivity index (χ0) is 76.0. The normalized spacial score (nSPS) is 14.0. The van der Waals surface area contributed by atoms with Crippen LogP contribution in [0.2, 0.25) is 0 Å². The number of esters is 4. The van der Waals surface area contributed by atoms with E-state index in [-0.39, 0.29) is 25.7 Å². The number of carbonyl (C=O) groups excluding carboxylic acids is 4. The van der Waals surface area contributed by atoms with E-state index in [0.29, 0.717) is 31.6 Å². The Hall–Kier alpha value is -1.94. The lowest BCUT2D eigenvalue weighted by Gasteiger charge is -2.21. The van der Waals surface area contributed by atoms with Crippen LogP contribution in [0, 0.1) is 23.7 Å². The van der Waals surface area contributed by atoms with E-state index in [1.54, 1.807) is 0 Å². The van der Waals surface area contributed by atoms with Crippen LogP contribution in [0.5, 0.6) is 0 Å². The number of unbranched alkanes of at least 4 members (excludes halogenated alkanes) is 47. The number of aliphatic hydroxyl groups excluding tert-OH is 1. The van der Waals surface area contributed by atoms with Crippen LogP contribution in [0.4, 0.5) is 0 Å². The van der Waals surface area contributed by atoms with Crippen molar-refractivity contribution in [1.82, 2.24) is 0 Å². The molecule has 3 N–H and O–H groups in total. The van der Waals surface area contributed by atoms with Gasteiger partial charge in [-0.2, -0.15) is 0 Å². The maximum atomic E-state index is 13.1. The molecule has 17 nitrogen and oxygen atoms in total. The Morgan fingerprint density at radius 3 is 0.602 bits per heavy atom. The molecule has 5 atom stereocenters. The molecule has 0 aromatic carbocycles. The summed E-state index contributed by atoms with van der Waals surface area (Å²) in [6.45, 7) is 14.2. The number of rotatable bonds is 81. The third-order valence-electron chi connectivity index (χ3n) is 19.6. The number of hydrogen-bond acceptors (Lipinski definition) is 15. The molecule has 0 aromatic heterocycles. The first-order valence-corrected chi connectivity index (χ1v) is 46.2. The molecular formula is C84H164O17P2. The average Bonchev–Trinajstić information content (AvgIpc) is 0.909. The predicted molar refractivity (Wildman–Crippen MR) is 423 cm³/mol. The van der Waals surface area contributed by atoms with Gasteiger partial charge >= 0.3 is 39.5 Å². The maximum absolute atomic E-state index is 13.1. The number of phosphoric ester groups is 2. The van der Waals surface area contributed by atoms with E-state index in [1.807, 2.05) is 0 Å². The van der Waals surface area contributed by atoms with Crippen molar-refractivity contribution in [3.05, 3.63) is 0 Å². The molecule has 0 aromatic rings. The van der Waals surface area contributed by atoms with Crippen molar-refractivity contribution in [1.29, 1.82) is 0 Å². The van der Waals surface area contributed by atoms with E-state index in [4.69, 9.17) is 37.0 Å². The Labute approximate surface area is 632 Å². The summed E-state index contributed by atoms with van der Waals surface area (Å²) in [5.74, 6) is 0.952. The van der Waals surface area contributed by atoms with Gasteiger partial charge in [-0.1, -0.05) is 383 Å². The van der Waals surface area contributed by atoms with E-state index >= 15 is 0 Å². The fourth-order valence-corrected chi connectivity index (χ4v) is 14.5. The van der Waals surface area contributed by atoms with Gasteiger partial charge in [-0.05, 0) is 49.4 Å². The Bertz CT molecular complexity index is 2010. The summed E-state index contributed by atoms with van der Waals surface area (Å²) in [6, 6.07) is 0. The molecular weight excluding hydrogens is 1340 g/mol. The molecule has 0 saturated carbocycles. The van der Waals surface area contributed by atoms with Gasteiger partial charge in [0.1, 0.15) is 19.3 Å². The van der Waals surface area contributed by atoms with Crippen molar-refractivity contribution in [2.75, 3.05) is 39.6 Å². The van der Waals surface area contributed by atoms with Crippen LogP contribution in [0.3, 0.4) is 0 Å². The summed E-state index contributed by atoms with van der Waals surface area (Å²) in [6.07, 6.45) is 61.4. The van der Waals surface area contributed by atoms with Crippen molar-refractivity contribution in [3.8, 4) is 0 Å². The van der Waals surface area contributed by atoms with Crippen molar-refractivity contribution >= 4 is 39.5 Å². The summed E-state index contributed by atoms with van der Waals surface area (Å²) in [5.41, 5.74) is 0. The van der Waals surface area contributed by atoms with Crippen LogP contribution in [-0.4, -0.2) is 96.7 Å². The summed E-state index contributed by atoms with van der Waals surface area (Å²) in [7, 11) is -9.92. The van der Waals surface area contributed by atoms with Crippen molar-refractivity contribution in [2.45, 2.75) is 453 Å². The third-order valence-corrected chi connectivity index (χ3v) is 21.5. The predicted octanol–water partition coefficient (Wildman–Crippen LogP) is 25.2. The largest absolute Gasteiger partial charge is 0.472 e. The number of aliphatic hydroxyl groups is 1. The standard InChI is InChI=1S/C84H164O17P2/c1-74(2)60-52-44-36-29-25-21-17-13-9-11-15-19-23-27-31-40-48-56-64-81(86)94-70-79(100-83(88)66-58-50-41-32-28-24-20-16-12-10-14-18-22-26-30-37-45-53-61-75(3)4)72-98-102(90,91)96-68-78(85)69-97-103(92,93)99-73-80(71-95-82(87)65-57-49-43-35-39-47-55-63-77(7)8)101-84(89)67-59-51-42-34-33-38-46-54-62-76(5)6/h74-80,85H,9-73H2,1-8H3,(H,90,91)(H,92,93)/t78?,79-,80-/m1/s1. The highest BCUT2D eigenvalue weighted by atomic mass is 31.2. The van der Waals surface area contributed by atoms with E-state index in [9.17, 15) is 43.2 Å². The van der Waals surface area contributed by atoms with Crippen LogP contribution in [-0.2, 0) is 65.4 Å². The van der Waals surface area contributed by atoms with E-state index in [2.05, 4.69) is 55.4 Å². The minimum Gasteiger partial charge on any atom is -0.462 e. The summed E-state index contributed by atoms with van der Waals surface area (Å²) < 4.78 is 68.7. The molecule has 0 bridgehead atoms. The molecule has 0 rings (SSSR count). The lowest BCUT2D eigenvalue weighted by Crippen LogP contribution is -2.30. The zero-order valence-electron chi connectivity index (χ0n) is 68.0. The van der Waals surface area contributed by atoms with E-state index in [0.717, 1.165) is 114 Å². The van der Waals surface area contributed by atoms with Gasteiger partial charge in [0.05, 0.1) is 26.4 Å². The second kappa shape index (κ2) is 72.9. The molecule has 612 valence electrons. The molecule has 0 saturated heterocycles.